The van der Waals surface area contributed by atoms with Gasteiger partial charge in [-0.1, -0.05) is 6.92 Å². The Morgan fingerprint density at radius 3 is 2.76 bits per heavy atom. The Balaban J connectivity index is 2.35. The fourth-order valence-corrected chi connectivity index (χ4v) is 2.40. The summed E-state index contributed by atoms with van der Waals surface area (Å²) in [6, 6.07) is 0.371. The third-order valence-corrected chi connectivity index (χ3v) is 3.47. The van der Waals surface area contributed by atoms with E-state index in [-0.39, 0.29) is 11.9 Å². The number of hydrogen-bond acceptors (Lipinski definition) is 4. The third kappa shape index (κ3) is 4.61. The van der Waals surface area contributed by atoms with Crippen LogP contribution < -0.4 is 11.1 Å². The van der Waals surface area contributed by atoms with Gasteiger partial charge >= 0.3 is 0 Å². The van der Waals surface area contributed by atoms with Crippen LogP contribution in [-0.2, 0) is 4.79 Å². The maximum Gasteiger partial charge on any atom is 0.234 e. The number of nitrogens with two attached hydrogens (primary N) is 1. The highest BCUT2D eigenvalue weighted by Crippen LogP contribution is 2.09. The van der Waals surface area contributed by atoms with Gasteiger partial charge < -0.3 is 16.0 Å². The van der Waals surface area contributed by atoms with E-state index in [1.807, 2.05) is 6.92 Å². The van der Waals surface area contributed by atoms with Crippen LogP contribution in [0.15, 0.2) is 0 Å². The highest BCUT2D eigenvalue weighted by atomic mass is 16.1. The lowest BCUT2D eigenvalue weighted by Crippen LogP contribution is -2.52. The van der Waals surface area contributed by atoms with Crippen LogP contribution in [0.25, 0.3) is 0 Å². The van der Waals surface area contributed by atoms with E-state index in [1.165, 1.54) is 0 Å². The number of likely N-dealkylation sites (N-methyl/N-ethyl adjacent to an activating group) is 2. The van der Waals surface area contributed by atoms with Crippen molar-refractivity contribution in [3.63, 3.8) is 0 Å². The number of nitrogens with zero attached hydrogens (tertiary/aromatic N) is 2. The molecule has 5 heteroatoms. The van der Waals surface area contributed by atoms with Gasteiger partial charge in [0.05, 0.1) is 6.04 Å². The average Bonchev–Trinajstić information content (AvgIpc) is 2.25. The molecule has 3 N–H and O–H groups in total. The summed E-state index contributed by atoms with van der Waals surface area (Å²) in [5.41, 5.74) is 5.37. The Morgan fingerprint density at radius 1 is 1.53 bits per heavy atom. The second-order valence-corrected chi connectivity index (χ2v) is 4.95. The third-order valence-electron chi connectivity index (χ3n) is 3.47. The van der Waals surface area contributed by atoms with Gasteiger partial charge in [0.15, 0.2) is 0 Å². The molecule has 5 nitrogen and oxygen atoms in total. The predicted octanol–water partition coefficient (Wildman–Crippen LogP) is -0.524. The van der Waals surface area contributed by atoms with Crippen molar-refractivity contribution in [2.45, 2.75) is 32.4 Å². The first-order chi connectivity index (χ1) is 8.04. The summed E-state index contributed by atoms with van der Waals surface area (Å²) in [7, 11) is 2.15. The van der Waals surface area contributed by atoms with E-state index in [4.69, 9.17) is 5.73 Å². The van der Waals surface area contributed by atoms with E-state index in [0.29, 0.717) is 6.04 Å². The minimum atomic E-state index is -0.242. The van der Waals surface area contributed by atoms with Crippen LogP contribution in [0.3, 0.4) is 0 Å². The first-order valence-electron chi connectivity index (χ1n) is 6.49. The molecule has 0 saturated carbocycles. The maximum absolute atomic E-state index is 11.2. The van der Waals surface area contributed by atoms with Gasteiger partial charge in [0, 0.05) is 32.2 Å². The van der Waals surface area contributed by atoms with Crippen LogP contribution in [0, 0.1) is 0 Å². The van der Waals surface area contributed by atoms with Crippen molar-refractivity contribution in [2.75, 3.05) is 39.8 Å². The van der Waals surface area contributed by atoms with Crippen molar-refractivity contribution < 1.29 is 4.79 Å². The molecule has 2 atom stereocenters. The van der Waals surface area contributed by atoms with Crippen molar-refractivity contribution in [3.05, 3.63) is 0 Å². The Morgan fingerprint density at radius 2 is 2.24 bits per heavy atom. The zero-order valence-corrected chi connectivity index (χ0v) is 11.3. The number of amides is 1. The smallest absolute Gasteiger partial charge is 0.234 e. The molecule has 1 rings (SSSR count). The van der Waals surface area contributed by atoms with Crippen molar-refractivity contribution in [3.8, 4) is 0 Å². The monoisotopic (exact) mass is 242 g/mol. The van der Waals surface area contributed by atoms with Gasteiger partial charge in [-0.2, -0.15) is 0 Å². The largest absolute Gasteiger partial charge is 0.368 e. The van der Waals surface area contributed by atoms with E-state index in [0.717, 1.165) is 39.1 Å². The first-order valence-corrected chi connectivity index (χ1v) is 6.49. The number of primary amides is 1. The molecule has 0 aromatic heterocycles. The molecular weight excluding hydrogens is 216 g/mol. The fourth-order valence-electron chi connectivity index (χ4n) is 2.40. The second-order valence-electron chi connectivity index (χ2n) is 4.95. The number of rotatable bonds is 6. The number of piperazine rings is 1. The van der Waals surface area contributed by atoms with Crippen LogP contribution in [-0.4, -0.2) is 67.6 Å². The molecule has 1 saturated heterocycles. The first kappa shape index (κ1) is 14.4. The van der Waals surface area contributed by atoms with Gasteiger partial charge in [-0.25, -0.2) is 0 Å². The van der Waals surface area contributed by atoms with Gasteiger partial charge in [-0.15, -0.1) is 0 Å². The molecule has 17 heavy (non-hydrogen) atoms. The Hall–Kier alpha value is -0.650. The standard InChI is InChI=1S/C12H26N4O/c1-4-14-11(12(13)17)5-6-16-8-7-15(3)9-10(16)2/h10-11,14H,4-9H2,1-3H3,(H2,13,17). The topological polar surface area (TPSA) is 61.6 Å². The van der Waals surface area contributed by atoms with Crippen molar-refractivity contribution in [1.82, 2.24) is 15.1 Å². The summed E-state index contributed by atoms with van der Waals surface area (Å²) < 4.78 is 0. The minimum Gasteiger partial charge on any atom is -0.368 e. The number of hydrogen-bond donors (Lipinski definition) is 2. The molecule has 100 valence electrons. The van der Waals surface area contributed by atoms with E-state index >= 15 is 0 Å². The molecule has 0 aromatic rings. The fraction of sp³-hybridized carbons (Fsp3) is 0.917. The Kier molecular flexibility index (Phi) is 5.88. The summed E-state index contributed by atoms with van der Waals surface area (Å²) in [6.07, 6.45) is 0.803. The van der Waals surface area contributed by atoms with Crippen LogP contribution in [0.4, 0.5) is 0 Å². The molecule has 1 amide bonds. The van der Waals surface area contributed by atoms with Crippen LogP contribution in [0.1, 0.15) is 20.3 Å². The average molecular weight is 242 g/mol. The van der Waals surface area contributed by atoms with Gasteiger partial charge in [0.2, 0.25) is 5.91 Å². The number of carbonyl (C=O) groups is 1. The van der Waals surface area contributed by atoms with Gasteiger partial charge in [-0.3, -0.25) is 9.69 Å². The lowest BCUT2D eigenvalue weighted by atomic mass is 10.1. The van der Waals surface area contributed by atoms with Crippen LogP contribution in [0.5, 0.6) is 0 Å². The molecule has 1 heterocycles. The summed E-state index contributed by atoms with van der Waals surface area (Å²) in [4.78, 5) is 16.0. The molecule has 1 fully saturated rings. The van der Waals surface area contributed by atoms with Crippen molar-refractivity contribution >= 4 is 5.91 Å². The van der Waals surface area contributed by atoms with E-state index in [2.05, 4.69) is 29.1 Å². The molecule has 0 bridgehead atoms. The highest BCUT2D eigenvalue weighted by Gasteiger charge is 2.23. The van der Waals surface area contributed by atoms with Crippen LogP contribution >= 0.6 is 0 Å². The lowest BCUT2D eigenvalue weighted by Gasteiger charge is -2.38. The minimum absolute atomic E-state index is 0.188. The van der Waals surface area contributed by atoms with Gasteiger partial charge in [0.25, 0.3) is 0 Å². The highest BCUT2D eigenvalue weighted by molar-refractivity contribution is 5.79. The summed E-state index contributed by atoms with van der Waals surface area (Å²) in [6.45, 7) is 9.24. The molecule has 2 unspecified atom stereocenters. The Labute approximate surface area is 104 Å². The predicted molar refractivity (Wildman–Crippen MR) is 69.8 cm³/mol. The zero-order chi connectivity index (χ0) is 12.8. The summed E-state index contributed by atoms with van der Waals surface area (Å²) >= 11 is 0. The number of carbonyl (C=O) groups excluding carboxylic acids is 1. The SMILES string of the molecule is CCNC(CCN1CCN(C)CC1C)C(N)=O. The maximum atomic E-state index is 11.2. The number of nitrogens with one attached hydrogen (secondary N) is 1. The van der Waals surface area contributed by atoms with E-state index in [9.17, 15) is 4.79 Å². The molecule has 0 aliphatic carbocycles. The molecular formula is C12H26N4O. The summed E-state index contributed by atoms with van der Waals surface area (Å²) in [5, 5.41) is 3.13. The summed E-state index contributed by atoms with van der Waals surface area (Å²) in [5.74, 6) is -0.242. The quantitative estimate of drug-likeness (QED) is 0.658. The molecule has 0 radical (unpaired) electrons. The van der Waals surface area contributed by atoms with E-state index < -0.39 is 0 Å². The zero-order valence-electron chi connectivity index (χ0n) is 11.3. The van der Waals surface area contributed by atoms with Crippen molar-refractivity contribution in [2.24, 2.45) is 5.73 Å². The molecule has 0 aromatic carbocycles. The normalized spacial score (nSPS) is 24.8. The second kappa shape index (κ2) is 6.93. The van der Waals surface area contributed by atoms with Gasteiger partial charge in [-0.05, 0) is 26.9 Å². The molecule has 0 spiro atoms. The van der Waals surface area contributed by atoms with E-state index in [1.54, 1.807) is 0 Å². The lowest BCUT2D eigenvalue weighted by molar-refractivity contribution is -0.120. The van der Waals surface area contributed by atoms with Crippen molar-refractivity contribution in [1.29, 1.82) is 0 Å². The van der Waals surface area contributed by atoms with Crippen LogP contribution in [0.2, 0.25) is 0 Å². The molecule has 1 aliphatic heterocycles. The Bertz CT molecular complexity index is 247. The van der Waals surface area contributed by atoms with Gasteiger partial charge in [0.1, 0.15) is 0 Å². The molecule has 1 aliphatic rings.